The third kappa shape index (κ3) is 4.03. The summed E-state index contributed by atoms with van der Waals surface area (Å²) in [5, 5.41) is 0.338. The van der Waals surface area contributed by atoms with Crippen LogP contribution in [0.4, 0.5) is 0 Å². The van der Waals surface area contributed by atoms with E-state index in [4.69, 9.17) is 11.6 Å². The predicted molar refractivity (Wildman–Crippen MR) is 36.2 cm³/mol. The first-order valence-corrected chi connectivity index (χ1v) is 2.93. The van der Waals surface area contributed by atoms with Crippen LogP contribution in [0.1, 0.15) is 13.8 Å². The molecule has 0 fully saturated rings. The van der Waals surface area contributed by atoms with Crippen LogP contribution in [0.15, 0.2) is 11.6 Å². The standard InChI is InChI=1S/C6H9ClO2/c1-4(7)5(2)9-6(3)8/h5H,1H2,2-3H3/t5-/m0/s1. The molecule has 1 atom stereocenters. The molecule has 0 unspecified atom stereocenters. The molecule has 0 saturated carbocycles. The third-order valence-electron chi connectivity index (χ3n) is 0.784. The summed E-state index contributed by atoms with van der Waals surface area (Å²) >= 11 is 5.40. The van der Waals surface area contributed by atoms with Crippen molar-refractivity contribution in [3.63, 3.8) is 0 Å². The first-order valence-electron chi connectivity index (χ1n) is 2.55. The van der Waals surface area contributed by atoms with E-state index in [0.717, 1.165) is 0 Å². The molecule has 0 radical (unpaired) electrons. The molecule has 52 valence electrons. The van der Waals surface area contributed by atoms with Gasteiger partial charge in [-0.3, -0.25) is 4.79 Å². The highest BCUT2D eigenvalue weighted by Gasteiger charge is 2.05. The molecule has 3 heteroatoms. The van der Waals surface area contributed by atoms with Gasteiger partial charge >= 0.3 is 5.97 Å². The minimum atomic E-state index is -0.385. The van der Waals surface area contributed by atoms with Crippen LogP contribution in [0.3, 0.4) is 0 Å². The smallest absolute Gasteiger partial charge is 0.303 e. The van der Waals surface area contributed by atoms with Gasteiger partial charge in [-0.05, 0) is 6.92 Å². The van der Waals surface area contributed by atoms with Crippen molar-refractivity contribution in [2.75, 3.05) is 0 Å². The number of hydrogen-bond donors (Lipinski definition) is 0. The van der Waals surface area contributed by atoms with Gasteiger partial charge in [-0.15, -0.1) is 0 Å². The van der Waals surface area contributed by atoms with Gasteiger partial charge in [-0.1, -0.05) is 18.2 Å². The summed E-state index contributed by atoms with van der Waals surface area (Å²) < 4.78 is 4.64. The van der Waals surface area contributed by atoms with E-state index in [1.165, 1.54) is 6.92 Å². The Hall–Kier alpha value is -0.500. The lowest BCUT2D eigenvalue weighted by Crippen LogP contribution is -2.11. The highest BCUT2D eigenvalue weighted by Crippen LogP contribution is 2.07. The van der Waals surface area contributed by atoms with Crippen LogP contribution in [0, 0.1) is 0 Å². The molecule has 0 aliphatic carbocycles. The maximum atomic E-state index is 10.2. The minimum absolute atomic E-state index is 0.338. The first-order chi connectivity index (χ1) is 4.04. The topological polar surface area (TPSA) is 26.3 Å². The van der Waals surface area contributed by atoms with E-state index in [9.17, 15) is 4.79 Å². The number of carbonyl (C=O) groups excluding carboxylic acids is 1. The molecule has 0 spiro atoms. The fourth-order valence-corrected chi connectivity index (χ4v) is 0.357. The van der Waals surface area contributed by atoms with Gasteiger partial charge in [0.05, 0.1) is 5.03 Å². The molecule has 0 saturated heterocycles. The molecule has 2 nitrogen and oxygen atoms in total. The van der Waals surface area contributed by atoms with Crippen molar-refractivity contribution < 1.29 is 9.53 Å². The number of ether oxygens (including phenoxy) is 1. The third-order valence-corrected chi connectivity index (χ3v) is 1.09. The molecule has 0 amide bonds. The van der Waals surface area contributed by atoms with Crippen LogP contribution in [0.25, 0.3) is 0 Å². The van der Waals surface area contributed by atoms with E-state index in [1.807, 2.05) is 0 Å². The SMILES string of the molecule is C=C(Cl)[C@H](C)OC(C)=O. The van der Waals surface area contributed by atoms with Gasteiger partial charge in [0.25, 0.3) is 0 Å². The number of esters is 1. The van der Waals surface area contributed by atoms with Crippen molar-refractivity contribution in [3.05, 3.63) is 11.6 Å². The predicted octanol–water partition coefficient (Wildman–Crippen LogP) is 1.69. The molecule has 0 aromatic heterocycles. The van der Waals surface area contributed by atoms with Crippen LogP contribution in [0.5, 0.6) is 0 Å². The second-order valence-corrected chi connectivity index (χ2v) is 2.18. The molecule has 0 bridgehead atoms. The van der Waals surface area contributed by atoms with Crippen LogP contribution in [-0.2, 0) is 9.53 Å². The van der Waals surface area contributed by atoms with Crippen LogP contribution < -0.4 is 0 Å². The van der Waals surface area contributed by atoms with Crippen molar-refractivity contribution in [1.29, 1.82) is 0 Å². The molecule has 0 N–H and O–H groups in total. The zero-order chi connectivity index (χ0) is 7.44. The van der Waals surface area contributed by atoms with Crippen molar-refractivity contribution in [2.24, 2.45) is 0 Å². The van der Waals surface area contributed by atoms with Crippen molar-refractivity contribution in [3.8, 4) is 0 Å². The van der Waals surface area contributed by atoms with Crippen molar-refractivity contribution in [2.45, 2.75) is 20.0 Å². The minimum Gasteiger partial charge on any atom is -0.457 e. The number of carbonyl (C=O) groups is 1. The Balaban J connectivity index is 3.63. The highest BCUT2D eigenvalue weighted by molar-refractivity contribution is 6.29. The van der Waals surface area contributed by atoms with Gasteiger partial charge in [-0.2, -0.15) is 0 Å². The number of hydrogen-bond acceptors (Lipinski definition) is 2. The Labute approximate surface area is 59.5 Å². The molecule has 0 aromatic carbocycles. The largest absolute Gasteiger partial charge is 0.457 e. The van der Waals surface area contributed by atoms with E-state index in [1.54, 1.807) is 6.92 Å². The lowest BCUT2D eigenvalue weighted by molar-refractivity contribution is -0.143. The van der Waals surface area contributed by atoms with Gasteiger partial charge in [0, 0.05) is 6.92 Å². The van der Waals surface area contributed by atoms with Crippen LogP contribution in [0.2, 0.25) is 0 Å². The molecule has 0 rings (SSSR count). The average Bonchev–Trinajstić information content (AvgIpc) is 1.63. The highest BCUT2D eigenvalue weighted by atomic mass is 35.5. The lowest BCUT2D eigenvalue weighted by atomic mass is 10.4. The van der Waals surface area contributed by atoms with Gasteiger partial charge in [-0.25, -0.2) is 0 Å². The second kappa shape index (κ2) is 3.51. The van der Waals surface area contributed by atoms with Crippen LogP contribution >= 0.6 is 11.6 Å². The number of rotatable bonds is 2. The zero-order valence-corrected chi connectivity index (χ0v) is 6.23. The monoisotopic (exact) mass is 148 g/mol. The van der Waals surface area contributed by atoms with Gasteiger partial charge in [0.2, 0.25) is 0 Å². The Morgan fingerprint density at radius 3 is 2.33 bits per heavy atom. The molecule has 0 aliphatic rings. The van der Waals surface area contributed by atoms with E-state index >= 15 is 0 Å². The average molecular weight is 149 g/mol. The summed E-state index contributed by atoms with van der Waals surface area (Å²) in [6.45, 7) is 6.39. The Morgan fingerprint density at radius 2 is 2.22 bits per heavy atom. The fraction of sp³-hybridized carbons (Fsp3) is 0.500. The summed E-state index contributed by atoms with van der Waals surface area (Å²) in [6, 6.07) is 0. The van der Waals surface area contributed by atoms with E-state index in [0.29, 0.717) is 5.03 Å². The normalized spacial score (nSPS) is 12.3. The lowest BCUT2D eigenvalue weighted by Gasteiger charge is -2.07. The van der Waals surface area contributed by atoms with Gasteiger partial charge in [0.1, 0.15) is 6.10 Å². The van der Waals surface area contributed by atoms with E-state index in [-0.39, 0.29) is 12.1 Å². The van der Waals surface area contributed by atoms with E-state index in [2.05, 4.69) is 11.3 Å². The van der Waals surface area contributed by atoms with Crippen molar-refractivity contribution in [1.82, 2.24) is 0 Å². The number of halogens is 1. The summed E-state index contributed by atoms with van der Waals surface area (Å²) in [5.74, 6) is -0.343. The van der Waals surface area contributed by atoms with Gasteiger partial charge < -0.3 is 4.74 Å². The molecular formula is C6H9ClO2. The Morgan fingerprint density at radius 1 is 1.78 bits per heavy atom. The molecule has 0 heterocycles. The zero-order valence-electron chi connectivity index (χ0n) is 5.48. The summed E-state index contributed by atoms with van der Waals surface area (Å²) in [6.07, 6.45) is -0.385. The fourth-order valence-electron chi connectivity index (χ4n) is 0.313. The molecular weight excluding hydrogens is 140 g/mol. The molecule has 9 heavy (non-hydrogen) atoms. The summed E-state index contributed by atoms with van der Waals surface area (Å²) in [5.41, 5.74) is 0. The summed E-state index contributed by atoms with van der Waals surface area (Å²) in [4.78, 5) is 10.2. The molecule has 0 aromatic rings. The maximum Gasteiger partial charge on any atom is 0.303 e. The van der Waals surface area contributed by atoms with E-state index < -0.39 is 0 Å². The summed E-state index contributed by atoms with van der Waals surface area (Å²) in [7, 11) is 0. The second-order valence-electron chi connectivity index (χ2n) is 1.70. The Kier molecular flexibility index (Phi) is 3.32. The quantitative estimate of drug-likeness (QED) is 0.557. The van der Waals surface area contributed by atoms with Crippen LogP contribution in [-0.4, -0.2) is 12.1 Å². The Bertz CT molecular complexity index is 131. The maximum absolute atomic E-state index is 10.2. The molecule has 0 aliphatic heterocycles. The first kappa shape index (κ1) is 8.50. The van der Waals surface area contributed by atoms with Crippen molar-refractivity contribution >= 4 is 17.6 Å². The van der Waals surface area contributed by atoms with Gasteiger partial charge in [0.15, 0.2) is 0 Å².